The highest BCUT2D eigenvalue weighted by Gasteiger charge is 2.11. The van der Waals surface area contributed by atoms with E-state index in [0.29, 0.717) is 0 Å². The van der Waals surface area contributed by atoms with Crippen LogP contribution in [-0.4, -0.2) is 5.71 Å². The van der Waals surface area contributed by atoms with Crippen molar-refractivity contribution in [2.24, 2.45) is 4.99 Å². The quantitative estimate of drug-likeness (QED) is 0.165. The summed E-state index contributed by atoms with van der Waals surface area (Å²) >= 11 is 0. The number of hydrogen-bond donors (Lipinski definition) is 0. The Morgan fingerprint density at radius 3 is 2.03 bits per heavy atom. The standard InChI is InChI=1S/C35H53N/c1-8-13-16-17-20-35-31(12-5)25-34(26-33(35)19-15-10-3)36-28(7)30(11-4)23-29-22-21-27(6)32(24-29)18-14-9-2/h21-26H,8-20H2,1-7H3. The van der Waals surface area contributed by atoms with Gasteiger partial charge >= 0.3 is 0 Å². The Kier molecular flexibility index (Phi) is 13.8. The van der Waals surface area contributed by atoms with E-state index < -0.39 is 0 Å². The first-order valence-corrected chi connectivity index (χ1v) is 15.0. The molecule has 0 unspecified atom stereocenters. The minimum atomic E-state index is 0.992. The minimum Gasteiger partial charge on any atom is -0.253 e. The lowest BCUT2D eigenvalue weighted by atomic mass is 9.91. The summed E-state index contributed by atoms with van der Waals surface area (Å²) in [6.07, 6.45) is 18.3. The van der Waals surface area contributed by atoms with Gasteiger partial charge in [-0.25, -0.2) is 0 Å². The minimum absolute atomic E-state index is 0.992. The summed E-state index contributed by atoms with van der Waals surface area (Å²) in [5.74, 6) is 0. The van der Waals surface area contributed by atoms with Crippen LogP contribution < -0.4 is 0 Å². The van der Waals surface area contributed by atoms with E-state index in [9.17, 15) is 0 Å². The smallest absolute Gasteiger partial charge is 0.0638 e. The van der Waals surface area contributed by atoms with Crippen LogP contribution in [0.25, 0.3) is 6.08 Å². The third-order valence-electron chi connectivity index (χ3n) is 7.54. The molecule has 198 valence electrons. The van der Waals surface area contributed by atoms with Gasteiger partial charge in [0.1, 0.15) is 0 Å². The molecule has 2 aromatic carbocycles. The number of benzene rings is 2. The van der Waals surface area contributed by atoms with E-state index in [1.807, 2.05) is 0 Å². The van der Waals surface area contributed by atoms with Crippen molar-refractivity contribution in [3.8, 4) is 0 Å². The van der Waals surface area contributed by atoms with Crippen LogP contribution in [0.15, 0.2) is 40.9 Å². The zero-order chi connectivity index (χ0) is 26.3. The second-order valence-corrected chi connectivity index (χ2v) is 10.5. The topological polar surface area (TPSA) is 12.4 Å². The molecule has 0 aliphatic rings. The molecule has 0 heterocycles. The van der Waals surface area contributed by atoms with Crippen molar-refractivity contribution in [3.63, 3.8) is 0 Å². The van der Waals surface area contributed by atoms with Crippen molar-refractivity contribution in [3.05, 3.63) is 69.3 Å². The van der Waals surface area contributed by atoms with Crippen molar-refractivity contribution >= 4 is 17.5 Å². The highest BCUT2D eigenvalue weighted by atomic mass is 14.7. The molecule has 0 aromatic heterocycles. The van der Waals surface area contributed by atoms with Crippen LogP contribution in [0.1, 0.15) is 133 Å². The van der Waals surface area contributed by atoms with E-state index in [-0.39, 0.29) is 0 Å². The van der Waals surface area contributed by atoms with Crippen molar-refractivity contribution in [1.82, 2.24) is 0 Å². The number of aryl methyl sites for hydroxylation is 4. The van der Waals surface area contributed by atoms with Crippen LogP contribution in [0.4, 0.5) is 5.69 Å². The molecule has 0 N–H and O–H groups in total. The third kappa shape index (κ3) is 9.38. The van der Waals surface area contributed by atoms with Crippen LogP contribution in [0.3, 0.4) is 0 Å². The van der Waals surface area contributed by atoms with Gasteiger partial charge < -0.3 is 0 Å². The van der Waals surface area contributed by atoms with E-state index >= 15 is 0 Å². The largest absolute Gasteiger partial charge is 0.253 e. The van der Waals surface area contributed by atoms with Gasteiger partial charge in [-0.05, 0) is 122 Å². The lowest BCUT2D eigenvalue weighted by Crippen LogP contribution is -2.02. The van der Waals surface area contributed by atoms with Gasteiger partial charge in [0.15, 0.2) is 0 Å². The van der Waals surface area contributed by atoms with Gasteiger partial charge in [0, 0.05) is 5.71 Å². The molecular formula is C35H53N. The molecule has 2 rings (SSSR count). The molecule has 0 radical (unpaired) electrons. The number of nitrogens with zero attached hydrogens (tertiary/aromatic N) is 1. The maximum absolute atomic E-state index is 5.19. The summed E-state index contributed by atoms with van der Waals surface area (Å²) < 4.78 is 0. The lowest BCUT2D eigenvalue weighted by Gasteiger charge is -2.16. The van der Waals surface area contributed by atoms with E-state index in [1.54, 1.807) is 11.1 Å². The highest BCUT2D eigenvalue weighted by Crippen LogP contribution is 2.28. The van der Waals surface area contributed by atoms with E-state index in [4.69, 9.17) is 4.99 Å². The van der Waals surface area contributed by atoms with Crippen molar-refractivity contribution in [1.29, 1.82) is 0 Å². The average Bonchev–Trinajstić information content (AvgIpc) is 2.88. The maximum atomic E-state index is 5.19. The molecule has 0 saturated carbocycles. The average molecular weight is 488 g/mol. The van der Waals surface area contributed by atoms with Crippen molar-refractivity contribution < 1.29 is 0 Å². The molecule has 0 atom stereocenters. The zero-order valence-electron chi connectivity index (χ0n) is 24.6. The molecule has 0 aliphatic heterocycles. The second-order valence-electron chi connectivity index (χ2n) is 10.5. The Labute approximate surface area is 223 Å². The van der Waals surface area contributed by atoms with Crippen molar-refractivity contribution in [2.75, 3.05) is 0 Å². The number of rotatable bonds is 16. The van der Waals surface area contributed by atoms with Gasteiger partial charge in [-0.1, -0.05) is 84.9 Å². The van der Waals surface area contributed by atoms with Crippen LogP contribution in [0.5, 0.6) is 0 Å². The fourth-order valence-corrected chi connectivity index (χ4v) is 5.15. The van der Waals surface area contributed by atoms with Gasteiger partial charge in [-0.15, -0.1) is 0 Å². The van der Waals surface area contributed by atoms with Gasteiger partial charge in [0.25, 0.3) is 0 Å². The number of allylic oxidation sites excluding steroid dienone is 1. The summed E-state index contributed by atoms with van der Waals surface area (Å²) in [6.45, 7) is 15.8. The normalized spacial score (nSPS) is 12.4. The zero-order valence-corrected chi connectivity index (χ0v) is 24.6. The van der Waals surface area contributed by atoms with E-state index in [0.717, 1.165) is 24.2 Å². The molecule has 36 heavy (non-hydrogen) atoms. The molecule has 0 spiro atoms. The van der Waals surface area contributed by atoms with Gasteiger partial charge in [0.2, 0.25) is 0 Å². The first-order chi connectivity index (χ1) is 17.5. The molecule has 0 aliphatic carbocycles. The van der Waals surface area contributed by atoms with Crippen LogP contribution in [0.2, 0.25) is 0 Å². The molecule has 2 aromatic rings. The summed E-state index contributed by atoms with van der Waals surface area (Å²) in [7, 11) is 0. The fraction of sp³-hybridized carbons (Fsp3) is 0.571. The maximum Gasteiger partial charge on any atom is 0.0638 e. The Hall–Kier alpha value is -2.15. The molecule has 0 amide bonds. The highest BCUT2D eigenvalue weighted by molar-refractivity contribution is 6.03. The summed E-state index contributed by atoms with van der Waals surface area (Å²) in [4.78, 5) is 5.19. The van der Waals surface area contributed by atoms with Gasteiger partial charge in [0.05, 0.1) is 5.69 Å². The number of aliphatic imine (C=N–C) groups is 1. The molecule has 0 fully saturated rings. The lowest BCUT2D eigenvalue weighted by molar-refractivity contribution is 0.660. The monoisotopic (exact) mass is 487 g/mol. The molecular weight excluding hydrogens is 434 g/mol. The predicted molar refractivity (Wildman–Crippen MR) is 163 cm³/mol. The Bertz CT molecular complexity index is 992. The fourth-order valence-electron chi connectivity index (χ4n) is 5.15. The predicted octanol–water partition coefficient (Wildman–Crippen LogP) is 11.0. The Morgan fingerprint density at radius 2 is 1.39 bits per heavy atom. The first kappa shape index (κ1) is 30.1. The van der Waals surface area contributed by atoms with E-state index in [2.05, 4.69) is 84.9 Å². The Balaban J connectivity index is 2.38. The van der Waals surface area contributed by atoms with Crippen LogP contribution in [-0.2, 0) is 25.7 Å². The second kappa shape index (κ2) is 16.6. The Morgan fingerprint density at radius 1 is 0.722 bits per heavy atom. The summed E-state index contributed by atoms with van der Waals surface area (Å²) in [5, 5.41) is 0. The molecule has 1 nitrogen and oxygen atoms in total. The van der Waals surface area contributed by atoms with Crippen molar-refractivity contribution in [2.45, 2.75) is 132 Å². The van der Waals surface area contributed by atoms with Gasteiger partial charge in [-0.3, -0.25) is 4.99 Å². The molecule has 0 bridgehead atoms. The molecule has 0 saturated heterocycles. The SMILES string of the molecule is CCCCCCc1c(CC)cc(N=C(C)C(=Cc2ccc(C)c(CCCC)c2)CC)cc1CCCC. The van der Waals surface area contributed by atoms with Crippen LogP contribution in [0, 0.1) is 6.92 Å². The summed E-state index contributed by atoms with van der Waals surface area (Å²) in [5.41, 5.74) is 12.5. The number of unbranched alkanes of at least 4 members (excludes halogenated alkanes) is 5. The summed E-state index contributed by atoms with van der Waals surface area (Å²) in [6, 6.07) is 11.7. The van der Waals surface area contributed by atoms with Gasteiger partial charge in [-0.2, -0.15) is 0 Å². The third-order valence-corrected chi connectivity index (χ3v) is 7.54. The van der Waals surface area contributed by atoms with Crippen LogP contribution >= 0.6 is 0 Å². The number of hydrogen-bond acceptors (Lipinski definition) is 1. The molecule has 1 heteroatoms. The van der Waals surface area contributed by atoms with E-state index in [1.165, 1.54) is 98.5 Å². The first-order valence-electron chi connectivity index (χ1n) is 15.0.